The van der Waals surface area contributed by atoms with E-state index in [-0.39, 0.29) is 12.1 Å². The van der Waals surface area contributed by atoms with E-state index >= 15 is 0 Å². The molecule has 0 aliphatic rings. The Balaban J connectivity index is 2.76. The van der Waals surface area contributed by atoms with Gasteiger partial charge in [-0.2, -0.15) is 0 Å². The van der Waals surface area contributed by atoms with Crippen LogP contribution in [0.2, 0.25) is 5.02 Å². The molecule has 15 heavy (non-hydrogen) atoms. The van der Waals surface area contributed by atoms with Crippen LogP contribution in [0, 0.1) is 0 Å². The Kier molecular flexibility index (Phi) is 4.58. The van der Waals surface area contributed by atoms with E-state index in [1.165, 1.54) is 0 Å². The first-order chi connectivity index (χ1) is 7.02. The molecule has 0 spiro atoms. The minimum atomic E-state index is -0.320. The standard InChI is InChI=1S/C12H18ClNO/c1-9(15)8-14(3)10(2)11-6-4-5-7-12(11)13/h4-7,9-10,15H,8H2,1-3H3/t9-,10?/m0/s1. The SMILES string of the molecule is CC(c1ccccc1Cl)N(C)C[C@H](C)O. The van der Waals surface area contributed by atoms with E-state index in [2.05, 4.69) is 11.8 Å². The van der Waals surface area contributed by atoms with E-state index in [1.54, 1.807) is 6.92 Å². The highest BCUT2D eigenvalue weighted by atomic mass is 35.5. The summed E-state index contributed by atoms with van der Waals surface area (Å²) in [5, 5.41) is 10.1. The molecule has 0 saturated heterocycles. The van der Waals surface area contributed by atoms with Gasteiger partial charge in [-0.25, -0.2) is 0 Å². The van der Waals surface area contributed by atoms with Crippen LogP contribution in [-0.4, -0.2) is 29.7 Å². The van der Waals surface area contributed by atoms with Crippen molar-refractivity contribution in [3.63, 3.8) is 0 Å². The lowest BCUT2D eigenvalue weighted by Crippen LogP contribution is -2.29. The van der Waals surface area contributed by atoms with Gasteiger partial charge in [0.1, 0.15) is 0 Å². The maximum Gasteiger partial charge on any atom is 0.0639 e. The molecule has 0 aliphatic carbocycles. The van der Waals surface area contributed by atoms with Crippen LogP contribution in [0.15, 0.2) is 24.3 Å². The molecule has 1 N–H and O–H groups in total. The lowest BCUT2D eigenvalue weighted by molar-refractivity contribution is 0.122. The number of nitrogens with zero attached hydrogens (tertiary/aromatic N) is 1. The van der Waals surface area contributed by atoms with E-state index in [4.69, 9.17) is 11.6 Å². The van der Waals surface area contributed by atoms with Crippen LogP contribution in [0.5, 0.6) is 0 Å². The van der Waals surface area contributed by atoms with Crippen molar-refractivity contribution in [3.05, 3.63) is 34.9 Å². The van der Waals surface area contributed by atoms with Crippen molar-refractivity contribution < 1.29 is 5.11 Å². The molecule has 3 heteroatoms. The summed E-state index contributed by atoms with van der Waals surface area (Å²) in [5.74, 6) is 0. The zero-order chi connectivity index (χ0) is 11.4. The largest absolute Gasteiger partial charge is 0.392 e. The van der Waals surface area contributed by atoms with Crippen LogP contribution in [0.4, 0.5) is 0 Å². The Labute approximate surface area is 96.5 Å². The maximum atomic E-state index is 9.31. The van der Waals surface area contributed by atoms with E-state index in [0.29, 0.717) is 6.54 Å². The Morgan fingerprint density at radius 1 is 1.33 bits per heavy atom. The number of rotatable bonds is 4. The highest BCUT2D eigenvalue weighted by Crippen LogP contribution is 2.25. The number of hydrogen-bond donors (Lipinski definition) is 1. The highest BCUT2D eigenvalue weighted by Gasteiger charge is 2.15. The quantitative estimate of drug-likeness (QED) is 0.855. The van der Waals surface area contributed by atoms with E-state index in [0.717, 1.165) is 10.6 Å². The van der Waals surface area contributed by atoms with Crippen LogP contribution in [-0.2, 0) is 0 Å². The van der Waals surface area contributed by atoms with Gasteiger partial charge in [0.25, 0.3) is 0 Å². The molecule has 0 amide bonds. The van der Waals surface area contributed by atoms with Crippen molar-refractivity contribution in [1.29, 1.82) is 0 Å². The summed E-state index contributed by atoms with van der Waals surface area (Å²) in [5.41, 5.74) is 1.10. The number of aliphatic hydroxyl groups is 1. The van der Waals surface area contributed by atoms with E-state index < -0.39 is 0 Å². The third-order valence-electron chi connectivity index (χ3n) is 2.57. The van der Waals surface area contributed by atoms with Crippen molar-refractivity contribution in [2.45, 2.75) is 26.0 Å². The summed E-state index contributed by atoms with van der Waals surface area (Å²) in [6.07, 6.45) is -0.320. The molecule has 1 aromatic carbocycles. The minimum Gasteiger partial charge on any atom is -0.392 e. The number of hydrogen-bond acceptors (Lipinski definition) is 2. The first-order valence-corrected chi connectivity index (χ1v) is 5.53. The molecular formula is C12H18ClNO. The van der Waals surface area contributed by atoms with Crippen molar-refractivity contribution in [2.75, 3.05) is 13.6 Å². The number of halogens is 1. The molecule has 0 fully saturated rings. The van der Waals surface area contributed by atoms with Gasteiger partial charge < -0.3 is 5.11 Å². The van der Waals surface area contributed by atoms with Gasteiger partial charge >= 0.3 is 0 Å². The fourth-order valence-corrected chi connectivity index (χ4v) is 1.92. The van der Waals surface area contributed by atoms with Crippen LogP contribution < -0.4 is 0 Å². The Hall–Kier alpha value is -0.570. The molecule has 2 atom stereocenters. The molecule has 0 radical (unpaired) electrons. The molecule has 84 valence electrons. The van der Waals surface area contributed by atoms with Gasteiger partial charge in [0.2, 0.25) is 0 Å². The van der Waals surface area contributed by atoms with Crippen molar-refractivity contribution in [2.24, 2.45) is 0 Å². The molecule has 0 saturated carbocycles. The number of likely N-dealkylation sites (N-methyl/N-ethyl adjacent to an activating group) is 1. The third kappa shape index (κ3) is 3.49. The second kappa shape index (κ2) is 5.50. The first kappa shape index (κ1) is 12.5. The predicted molar refractivity (Wildman–Crippen MR) is 64.2 cm³/mol. The van der Waals surface area contributed by atoms with Gasteiger partial charge in [-0.3, -0.25) is 4.90 Å². The van der Waals surface area contributed by atoms with Crippen LogP contribution >= 0.6 is 11.6 Å². The third-order valence-corrected chi connectivity index (χ3v) is 2.91. The van der Waals surface area contributed by atoms with Crippen LogP contribution in [0.1, 0.15) is 25.5 Å². The number of aliphatic hydroxyl groups excluding tert-OH is 1. The predicted octanol–water partition coefficient (Wildman–Crippen LogP) is 2.71. The lowest BCUT2D eigenvalue weighted by Gasteiger charge is -2.26. The highest BCUT2D eigenvalue weighted by molar-refractivity contribution is 6.31. The maximum absolute atomic E-state index is 9.31. The van der Waals surface area contributed by atoms with Crippen molar-refractivity contribution in [1.82, 2.24) is 4.90 Å². The molecule has 1 unspecified atom stereocenters. The molecule has 1 rings (SSSR count). The topological polar surface area (TPSA) is 23.5 Å². The van der Waals surface area contributed by atoms with Crippen molar-refractivity contribution >= 4 is 11.6 Å². The molecular weight excluding hydrogens is 210 g/mol. The van der Waals surface area contributed by atoms with E-state index in [9.17, 15) is 5.11 Å². The lowest BCUT2D eigenvalue weighted by atomic mass is 10.1. The number of benzene rings is 1. The van der Waals surface area contributed by atoms with Crippen molar-refractivity contribution in [3.8, 4) is 0 Å². The second-order valence-electron chi connectivity index (χ2n) is 3.99. The molecule has 2 nitrogen and oxygen atoms in total. The Morgan fingerprint density at radius 2 is 1.93 bits per heavy atom. The normalized spacial score (nSPS) is 15.3. The summed E-state index contributed by atoms with van der Waals surface area (Å²) >= 11 is 6.11. The average Bonchev–Trinajstić information content (AvgIpc) is 2.16. The minimum absolute atomic E-state index is 0.216. The average molecular weight is 228 g/mol. The summed E-state index contributed by atoms with van der Waals surface area (Å²) in [4.78, 5) is 2.09. The smallest absolute Gasteiger partial charge is 0.0639 e. The van der Waals surface area contributed by atoms with Crippen LogP contribution in [0.25, 0.3) is 0 Å². The van der Waals surface area contributed by atoms with Gasteiger partial charge in [0.05, 0.1) is 6.10 Å². The molecule has 0 bridgehead atoms. The molecule has 0 heterocycles. The Bertz CT molecular complexity index is 314. The Morgan fingerprint density at radius 3 is 2.47 bits per heavy atom. The summed E-state index contributed by atoms with van der Waals surface area (Å²) in [7, 11) is 1.99. The van der Waals surface area contributed by atoms with Gasteiger partial charge in [0, 0.05) is 17.6 Å². The van der Waals surface area contributed by atoms with Crippen LogP contribution in [0.3, 0.4) is 0 Å². The zero-order valence-electron chi connectivity index (χ0n) is 9.44. The monoisotopic (exact) mass is 227 g/mol. The van der Waals surface area contributed by atoms with Gasteiger partial charge in [-0.05, 0) is 32.5 Å². The molecule has 0 aliphatic heterocycles. The zero-order valence-corrected chi connectivity index (χ0v) is 10.2. The summed E-state index contributed by atoms with van der Waals surface area (Å²) in [6, 6.07) is 8.03. The van der Waals surface area contributed by atoms with Gasteiger partial charge in [-0.15, -0.1) is 0 Å². The first-order valence-electron chi connectivity index (χ1n) is 5.15. The fraction of sp³-hybridized carbons (Fsp3) is 0.500. The molecule has 1 aromatic rings. The fourth-order valence-electron chi connectivity index (χ4n) is 1.63. The summed E-state index contributed by atoms with van der Waals surface area (Å²) in [6.45, 7) is 4.52. The van der Waals surface area contributed by atoms with Gasteiger partial charge in [-0.1, -0.05) is 29.8 Å². The van der Waals surface area contributed by atoms with E-state index in [1.807, 2.05) is 31.3 Å². The molecule has 0 aromatic heterocycles. The van der Waals surface area contributed by atoms with Gasteiger partial charge in [0.15, 0.2) is 0 Å². The second-order valence-corrected chi connectivity index (χ2v) is 4.39. The summed E-state index contributed by atoms with van der Waals surface area (Å²) < 4.78 is 0.